The summed E-state index contributed by atoms with van der Waals surface area (Å²) in [6.07, 6.45) is 2.87. The molecule has 0 radical (unpaired) electrons. The molecular weight excluding hydrogens is 232 g/mol. The topological polar surface area (TPSA) is 82.1 Å². The van der Waals surface area contributed by atoms with Gasteiger partial charge in [-0.15, -0.1) is 5.10 Å². The van der Waals surface area contributed by atoms with E-state index < -0.39 is 0 Å². The SMILES string of the molecule is NCCCc1nnnn1CCCN1CCOCC1. The molecule has 0 unspecified atom stereocenters. The van der Waals surface area contributed by atoms with Crippen molar-refractivity contribution in [2.24, 2.45) is 5.73 Å². The average molecular weight is 254 g/mol. The molecule has 102 valence electrons. The molecule has 1 fully saturated rings. The van der Waals surface area contributed by atoms with Crippen LogP contribution >= 0.6 is 0 Å². The third kappa shape index (κ3) is 4.01. The number of nitrogens with zero attached hydrogens (tertiary/aromatic N) is 5. The highest BCUT2D eigenvalue weighted by atomic mass is 16.5. The van der Waals surface area contributed by atoms with Gasteiger partial charge in [0.2, 0.25) is 0 Å². The molecule has 7 heteroatoms. The van der Waals surface area contributed by atoms with Crippen LogP contribution in [0.4, 0.5) is 0 Å². The quantitative estimate of drug-likeness (QED) is 0.692. The van der Waals surface area contributed by atoms with Gasteiger partial charge in [-0.1, -0.05) is 0 Å². The highest BCUT2D eigenvalue weighted by Gasteiger charge is 2.10. The number of aromatic nitrogens is 4. The summed E-state index contributed by atoms with van der Waals surface area (Å²) >= 11 is 0. The number of hydrogen-bond acceptors (Lipinski definition) is 6. The number of ether oxygens (including phenoxy) is 1. The molecule has 0 spiro atoms. The van der Waals surface area contributed by atoms with Gasteiger partial charge in [0.25, 0.3) is 0 Å². The molecule has 1 aliphatic heterocycles. The molecule has 0 bridgehead atoms. The van der Waals surface area contributed by atoms with Gasteiger partial charge in [0.1, 0.15) is 0 Å². The molecule has 0 amide bonds. The first-order chi connectivity index (χ1) is 8.90. The Hall–Kier alpha value is -1.05. The fraction of sp³-hybridized carbons (Fsp3) is 0.909. The lowest BCUT2D eigenvalue weighted by molar-refractivity contribution is 0.0368. The number of aryl methyl sites for hydroxylation is 2. The summed E-state index contributed by atoms with van der Waals surface area (Å²) in [6.45, 7) is 6.43. The first-order valence-electron chi connectivity index (χ1n) is 6.65. The van der Waals surface area contributed by atoms with E-state index in [1.807, 2.05) is 4.68 Å². The van der Waals surface area contributed by atoms with E-state index >= 15 is 0 Å². The van der Waals surface area contributed by atoms with E-state index in [9.17, 15) is 0 Å². The molecule has 1 saturated heterocycles. The van der Waals surface area contributed by atoms with Gasteiger partial charge in [0.05, 0.1) is 13.2 Å². The third-order valence-electron chi connectivity index (χ3n) is 3.16. The molecule has 0 saturated carbocycles. The van der Waals surface area contributed by atoms with Crippen LogP contribution in [0.1, 0.15) is 18.7 Å². The van der Waals surface area contributed by atoms with Gasteiger partial charge in [-0.05, 0) is 29.8 Å². The van der Waals surface area contributed by atoms with E-state index in [0.29, 0.717) is 6.54 Å². The summed E-state index contributed by atoms with van der Waals surface area (Å²) in [6, 6.07) is 0. The highest BCUT2D eigenvalue weighted by Crippen LogP contribution is 2.01. The Labute approximate surface area is 107 Å². The minimum atomic E-state index is 0.681. The molecule has 2 heterocycles. The van der Waals surface area contributed by atoms with Gasteiger partial charge >= 0.3 is 0 Å². The van der Waals surface area contributed by atoms with Crippen molar-refractivity contribution < 1.29 is 4.74 Å². The van der Waals surface area contributed by atoms with Crippen LogP contribution < -0.4 is 5.73 Å². The fourth-order valence-electron chi connectivity index (χ4n) is 2.11. The first-order valence-corrected chi connectivity index (χ1v) is 6.65. The molecular formula is C11H22N6O. The molecule has 0 atom stereocenters. The van der Waals surface area contributed by atoms with E-state index in [1.165, 1.54) is 0 Å². The molecule has 0 aromatic carbocycles. The van der Waals surface area contributed by atoms with Crippen molar-refractivity contribution in [1.82, 2.24) is 25.1 Å². The molecule has 1 aromatic heterocycles. The summed E-state index contributed by atoms with van der Waals surface area (Å²) in [5, 5.41) is 11.8. The zero-order valence-electron chi connectivity index (χ0n) is 10.8. The second-order valence-corrected chi connectivity index (χ2v) is 4.52. The second kappa shape index (κ2) is 7.40. The van der Waals surface area contributed by atoms with E-state index in [4.69, 9.17) is 10.5 Å². The predicted octanol–water partition coefficient (Wildman–Crippen LogP) is -0.713. The van der Waals surface area contributed by atoms with Crippen LogP contribution in [0.5, 0.6) is 0 Å². The van der Waals surface area contributed by atoms with Gasteiger partial charge in [-0.3, -0.25) is 4.90 Å². The fourth-order valence-corrected chi connectivity index (χ4v) is 2.11. The van der Waals surface area contributed by atoms with Crippen LogP contribution in [0.3, 0.4) is 0 Å². The Morgan fingerprint density at radius 1 is 1.17 bits per heavy atom. The van der Waals surface area contributed by atoms with Crippen LogP contribution in [0, 0.1) is 0 Å². The standard InChI is InChI=1S/C11H22N6O/c12-4-1-3-11-13-14-15-17(11)6-2-5-16-7-9-18-10-8-16/h1-10,12H2. The molecule has 18 heavy (non-hydrogen) atoms. The summed E-state index contributed by atoms with van der Waals surface area (Å²) in [4.78, 5) is 2.42. The molecule has 2 rings (SSSR count). The molecule has 0 aliphatic carbocycles. The van der Waals surface area contributed by atoms with Gasteiger partial charge < -0.3 is 10.5 Å². The summed E-state index contributed by atoms with van der Waals surface area (Å²) in [5.41, 5.74) is 5.50. The normalized spacial score (nSPS) is 17.2. The van der Waals surface area contributed by atoms with Crippen molar-refractivity contribution >= 4 is 0 Å². The number of rotatable bonds is 7. The minimum Gasteiger partial charge on any atom is -0.379 e. The van der Waals surface area contributed by atoms with Crippen LogP contribution in [-0.2, 0) is 17.7 Å². The van der Waals surface area contributed by atoms with Crippen LogP contribution in [0.25, 0.3) is 0 Å². The first kappa shape index (κ1) is 13.4. The molecule has 2 N–H and O–H groups in total. The smallest absolute Gasteiger partial charge is 0.151 e. The average Bonchev–Trinajstić information content (AvgIpc) is 2.85. The Morgan fingerprint density at radius 2 is 2.00 bits per heavy atom. The molecule has 7 nitrogen and oxygen atoms in total. The zero-order chi connectivity index (χ0) is 12.6. The maximum absolute atomic E-state index is 5.50. The van der Waals surface area contributed by atoms with E-state index in [-0.39, 0.29) is 0 Å². The van der Waals surface area contributed by atoms with Crippen LogP contribution in [0.15, 0.2) is 0 Å². The largest absolute Gasteiger partial charge is 0.379 e. The number of hydrogen-bond donors (Lipinski definition) is 1. The number of tetrazole rings is 1. The van der Waals surface area contributed by atoms with Gasteiger partial charge in [-0.25, -0.2) is 4.68 Å². The highest BCUT2D eigenvalue weighted by molar-refractivity contribution is 4.81. The summed E-state index contributed by atoms with van der Waals surface area (Å²) in [7, 11) is 0. The van der Waals surface area contributed by atoms with Gasteiger partial charge in [0, 0.05) is 32.6 Å². The van der Waals surface area contributed by atoms with Crippen molar-refractivity contribution in [3.8, 4) is 0 Å². The van der Waals surface area contributed by atoms with Crippen molar-refractivity contribution in [2.75, 3.05) is 39.4 Å². The third-order valence-corrected chi connectivity index (χ3v) is 3.16. The maximum Gasteiger partial charge on any atom is 0.151 e. The lowest BCUT2D eigenvalue weighted by Crippen LogP contribution is -2.37. The lowest BCUT2D eigenvalue weighted by Gasteiger charge is -2.26. The molecule has 1 aromatic rings. The monoisotopic (exact) mass is 254 g/mol. The summed E-state index contributed by atoms with van der Waals surface area (Å²) in [5.74, 6) is 0.947. The molecule has 1 aliphatic rings. The van der Waals surface area contributed by atoms with Crippen LogP contribution in [0.2, 0.25) is 0 Å². The van der Waals surface area contributed by atoms with E-state index in [1.54, 1.807) is 0 Å². The van der Waals surface area contributed by atoms with Gasteiger partial charge in [0.15, 0.2) is 5.82 Å². The summed E-state index contributed by atoms with van der Waals surface area (Å²) < 4.78 is 7.22. The van der Waals surface area contributed by atoms with Crippen molar-refractivity contribution in [3.05, 3.63) is 5.82 Å². The van der Waals surface area contributed by atoms with Crippen molar-refractivity contribution in [3.63, 3.8) is 0 Å². The van der Waals surface area contributed by atoms with Crippen LogP contribution in [-0.4, -0.2) is 64.5 Å². The zero-order valence-corrected chi connectivity index (χ0v) is 10.8. The van der Waals surface area contributed by atoms with Crippen molar-refractivity contribution in [1.29, 1.82) is 0 Å². The second-order valence-electron chi connectivity index (χ2n) is 4.52. The Bertz CT molecular complexity index is 336. The van der Waals surface area contributed by atoms with Crippen molar-refractivity contribution in [2.45, 2.75) is 25.8 Å². The Morgan fingerprint density at radius 3 is 2.78 bits per heavy atom. The predicted molar refractivity (Wildman–Crippen MR) is 67.1 cm³/mol. The Balaban J connectivity index is 1.70. The minimum absolute atomic E-state index is 0.681. The Kier molecular flexibility index (Phi) is 5.50. The lowest BCUT2D eigenvalue weighted by atomic mass is 10.3. The number of nitrogens with two attached hydrogens (primary N) is 1. The number of morpholine rings is 1. The van der Waals surface area contributed by atoms with E-state index in [2.05, 4.69) is 20.4 Å². The van der Waals surface area contributed by atoms with Gasteiger partial charge in [-0.2, -0.15) is 0 Å². The maximum atomic E-state index is 5.50. The van der Waals surface area contributed by atoms with E-state index in [0.717, 1.165) is 64.5 Å².